The van der Waals surface area contributed by atoms with Crippen LogP contribution in [0.2, 0.25) is 0 Å². The van der Waals surface area contributed by atoms with Crippen LogP contribution in [0.3, 0.4) is 0 Å². The van der Waals surface area contributed by atoms with E-state index in [1.54, 1.807) is 0 Å². The van der Waals surface area contributed by atoms with Crippen LogP contribution < -0.4 is 0 Å². The van der Waals surface area contributed by atoms with Gasteiger partial charge in [0.25, 0.3) is 0 Å². The lowest BCUT2D eigenvalue weighted by Crippen LogP contribution is -1.77. The average molecular weight is 201 g/mol. The van der Waals surface area contributed by atoms with E-state index >= 15 is 0 Å². The molecule has 0 amide bonds. The standard InChI is InChI=1S/C12H21Cl/c1-2-3-4-5-6-7-8-9-10-11-12-13/h9-12H,2-8H2,1H3. The first-order valence-electron chi connectivity index (χ1n) is 5.33. The Morgan fingerprint density at radius 1 is 0.923 bits per heavy atom. The maximum Gasteiger partial charge on any atom is 0.00423 e. The van der Waals surface area contributed by atoms with Gasteiger partial charge in [-0.25, -0.2) is 0 Å². The molecule has 0 heterocycles. The zero-order chi connectivity index (χ0) is 9.78. The Hall–Kier alpha value is -0.230. The Labute approximate surface area is 87.7 Å². The van der Waals surface area contributed by atoms with E-state index in [-0.39, 0.29) is 0 Å². The second-order valence-corrected chi connectivity index (χ2v) is 3.56. The highest BCUT2D eigenvalue weighted by Gasteiger charge is 1.87. The van der Waals surface area contributed by atoms with Crippen molar-refractivity contribution in [3.05, 3.63) is 23.8 Å². The first-order chi connectivity index (χ1) is 6.41. The summed E-state index contributed by atoms with van der Waals surface area (Å²) >= 11 is 5.37. The van der Waals surface area contributed by atoms with Gasteiger partial charge in [0, 0.05) is 5.54 Å². The lowest BCUT2D eigenvalue weighted by molar-refractivity contribution is 0.611. The second kappa shape index (κ2) is 11.8. The van der Waals surface area contributed by atoms with Crippen molar-refractivity contribution < 1.29 is 0 Å². The van der Waals surface area contributed by atoms with Crippen LogP contribution in [0.15, 0.2) is 23.8 Å². The van der Waals surface area contributed by atoms with Crippen LogP contribution in [-0.4, -0.2) is 0 Å². The summed E-state index contributed by atoms with van der Waals surface area (Å²) in [7, 11) is 0. The second-order valence-electron chi connectivity index (χ2n) is 3.30. The summed E-state index contributed by atoms with van der Waals surface area (Å²) < 4.78 is 0. The Kier molecular flexibility index (Phi) is 11.6. The fourth-order valence-corrected chi connectivity index (χ4v) is 1.34. The van der Waals surface area contributed by atoms with Crippen LogP contribution >= 0.6 is 11.6 Å². The average Bonchev–Trinajstić information content (AvgIpc) is 2.16. The minimum atomic E-state index is 1.19. The Morgan fingerprint density at radius 3 is 2.31 bits per heavy atom. The van der Waals surface area contributed by atoms with E-state index in [0.29, 0.717) is 0 Å². The van der Waals surface area contributed by atoms with Gasteiger partial charge in [-0.15, -0.1) is 0 Å². The molecule has 0 nitrogen and oxygen atoms in total. The van der Waals surface area contributed by atoms with E-state index in [4.69, 9.17) is 11.6 Å². The summed E-state index contributed by atoms with van der Waals surface area (Å²) in [4.78, 5) is 0. The SMILES string of the molecule is CCCCCCCCC=CC=CCl. The van der Waals surface area contributed by atoms with Gasteiger partial charge in [0.15, 0.2) is 0 Å². The van der Waals surface area contributed by atoms with Gasteiger partial charge in [0.2, 0.25) is 0 Å². The molecule has 0 aromatic rings. The van der Waals surface area contributed by atoms with Gasteiger partial charge in [0.1, 0.15) is 0 Å². The van der Waals surface area contributed by atoms with E-state index in [1.165, 1.54) is 50.5 Å². The predicted octanol–water partition coefficient (Wildman–Crippen LogP) is 5.05. The molecule has 0 bridgehead atoms. The molecule has 0 N–H and O–H groups in total. The lowest BCUT2D eigenvalue weighted by atomic mass is 10.1. The molecule has 0 spiro atoms. The highest BCUT2D eigenvalue weighted by molar-refractivity contribution is 6.25. The number of hydrogen-bond donors (Lipinski definition) is 0. The topological polar surface area (TPSA) is 0 Å². The predicted molar refractivity (Wildman–Crippen MR) is 62.1 cm³/mol. The van der Waals surface area contributed by atoms with Crippen LogP contribution in [0.25, 0.3) is 0 Å². The van der Waals surface area contributed by atoms with Crippen molar-refractivity contribution in [1.29, 1.82) is 0 Å². The van der Waals surface area contributed by atoms with Gasteiger partial charge >= 0.3 is 0 Å². The van der Waals surface area contributed by atoms with Crippen LogP contribution in [0, 0.1) is 0 Å². The van der Waals surface area contributed by atoms with E-state index < -0.39 is 0 Å². The Bertz CT molecular complexity index is 136. The van der Waals surface area contributed by atoms with Crippen molar-refractivity contribution in [2.75, 3.05) is 0 Å². The van der Waals surface area contributed by atoms with E-state index in [0.717, 1.165) is 0 Å². The van der Waals surface area contributed by atoms with Gasteiger partial charge in [-0.1, -0.05) is 68.9 Å². The van der Waals surface area contributed by atoms with Crippen LogP contribution in [-0.2, 0) is 0 Å². The molecule has 0 aliphatic heterocycles. The first-order valence-corrected chi connectivity index (χ1v) is 5.77. The van der Waals surface area contributed by atoms with Crippen molar-refractivity contribution in [3.63, 3.8) is 0 Å². The maximum absolute atomic E-state index is 5.37. The van der Waals surface area contributed by atoms with Crippen LogP contribution in [0.1, 0.15) is 51.9 Å². The Balaban J connectivity index is 2.99. The zero-order valence-corrected chi connectivity index (χ0v) is 9.39. The minimum absolute atomic E-state index is 1.19. The van der Waals surface area contributed by atoms with Crippen molar-refractivity contribution in [2.45, 2.75) is 51.9 Å². The third-order valence-electron chi connectivity index (χ3n) is 2.04. The number of allylic oxidation sites excluding steroid dienone is 3. The number of unbranched alkanes of at least 4 members (excludes halogenated alkanes) is 6. The molecule has 0 unspecified atom stereocenters. The normalized spacial score (nSPS) is 11.8. The van der Waals surface area contributed by atoms with E-state index in [1.807, 2.05) is 12.2 Å². The van der Waals surface area contributed by atoms with Crippen molar-refractivity contribution in [3.8, 4) is 0 Å². The van der Waals surface area contributed by atoms with Crippen LogP contribution in [0.5, 0.6) is 0 Å². The minimum Gasteiger partial charge on any atom is -0.0930 e. The highest BCUT2D eigenvalue weighted by Crippen LogP contribution is 2.06. The van der Waals surface area contributed by atoms with Gasteiger partial charge in [-0.05, 0) is 12.8 Å². The summed E-state index contributed by atoms with van der Waals surface area (Å²) in [6, 6.07) is 0. The Morgan fingerprint density at radius 2 is 1.62 bits per heavy atom. The molecule has 0 aromatic carbocycles. The van der Waals surface area contributed by atoms with Gasteiger partial charge in [-0.3, -0.25) is 0 Å². The van der Waals surface area contributed by atoms with Gasteiger partial charge in [-0.2, -0.15) is 0 Å². The summed E-state index contributed by atoms with van der Waals surface area (Å²) in [6.45, 7) is 2.25. The van der Waals surface area contributed by atoms with Crippen molar-refractivity contribution >= 4 is 11.6 Å². The quantitative estimate of drug-likeness (QED) is 0.380. The molecule has 0 saturated carbocycles. The molecular weight excluding hydrogens is 180 g/mol. The molecule has 0 rings (SSSR count). The molecular formula is C12H21Cl. The molecule has 1 heteroatoms. The molecule has 0 aromatic heterocycles. The molecule has 0 aliphatic carbocycles. The van der Waals surface area contributed by atoms with E-state index in [9.17, 15) is 0 Å². The lowest BCUT2D eigenvalue weighted by Gasteiger charge is -1.96. The van der Waals surface area contributed by atoms with Gasteiger partial charge in [0.05, 0.1) is 0 Å². The first kappa shape index (κ1) is 12.8. The van der Waals surface area contributed by atoms with Crippen molar-refractivity contribution in [2.24, 2.45) is 0 Å². The number of rotatable bonds is 8. The summed E-state index contributed by atoms with van der Waals surface area (Å²) in [6.07, 6.45) is 15.5. The molecule has 0 atom stereocenters. The summed E-state index contributed by atoms with van der Waals surface area (Å²) in [5.41, 5.74) is 1.54. The van der Waals surface area contributed by atoms with Crippen LogP contribution in [0.4, 0.5) is 0 Å². The summed E-state index contributed by atoms with van der Waals surface area (Å²) in [5.74, 6) is 0. The number of halogens is 1. The molecule has 0 fully saturated rings. The third-order valence-corrected chi connectivity index (χ3v) is 2.19. The molecule has 0 aliphatic rings. The fourth-order valence-electron chi connectivity index (χ4n) is 1.26. The molecule has 76 valence electrons. The highest BCUT2D eigenvalue weighted by atomic mass is 35.5. The van der Waals surface area contributed by atoms with Gasteiger partial charge < -0.3 is 0 Å². The van der Waals surface area contributed by atoms with Crippen molar-refractivity contribution in [1.82, 2.24) is 0 Å². The third kappa shape index (κ3) is 11.8. The monoisotopic (exact) mass is 200 g/mol. The fraction of sp³-hybridized carbons (Fsp3) is 0.667. The maximum atomic E-state index is 5.37. The largest absolute Gasteiger partial charge is 0.0930 e. The summed E-state index contributed by atoms with van der Waals surface area (Å²) in [5, 5.41) is 0. The van der Waals surface area contributed by atoms with E-state index in [2.05, 4.69) is 13.0 Å². The molecule has 0 radical (unpaired) electrons. The number of hydrogen-bond acceptors (Lipinski definition) is 0. The zero-order valence-electron chi connectivity index (χ0n) is 8.64. The molecule has 13 heavy (non-hydrogen) atoms. The smallest absolute Gasteiger partial charge is 0.00423 e. The molecule has 0 saturated heterocycles.